The lowest BCUT2D eigenvalue weighted by Gasteiger charge is -2.00. The molecule has 0 amide bonds. The molecule has 0 aromatic heterocycles. The smallest absolute Gasteiger partial charge is 0.166 e. The highest BCUT2D eigenvalue weighted by atomic mass is 19.1. The Kier molecular flexibility index (Phi) is 4.06. The van der Waals surface area contributed by atoms with Gasteiger partial charge in [0.2, 0.25) is 0 Å². The number of aldehydes is 1. The Morgan fingerprint density at radius 1 is 1.56 bits per heavy atom. The number of phenolic OH excluding ortho intramolecular Hbond substituents is 1. The molecule has 0 bridgehead atoms. The molecule has 16 heavy (non-hydrogen) atoms. The van der Waals surface area contributed by atoms with E-state index in [0.29, 0.717) is 11.8 Å². The summed E-state index contributed by atoms with van der Waals surface area (Å²) in [6, 6.07) is 2.41. The van der Waals surface area contributed by atoms with Gasteiger partial charge in [-0.3, -0.25) is 4.79 Å². The van der Waals surface area contributed by atoms with Crippen LogP contribution in [0, 0.1) is 5.82 Å². The first-order valence-corrected chi connectivity index (χ1v) is 4.34. The van der Waals surface area contributed by atoms with Gasteiger partial charge in [-0.05, 0) is 23.2 Å². The van der Waals surface area contributed by atoms with Gasteiger partial charge in [0, 0.05) is 11.5 Å². The highest BCUT2D eigenvalue weighted by molar-refractivity contribution is 5.80. The van der Waals surface area contributed by atoms with Crippen LogP contribution in [0.25, 0.3) is 16.5 Å². The molecule has 0 saturated carbocycles. The summed E-state index contributed by atoms with van der Waals surface area (Å²) in [4.78, 5) is 13.0. The lowest BCUT2D eigenvalue weighted by Crippen LogP contribution is -1.88. The number of aromatic hydroxyl groups is 1. The first kappa shape index (κ1) is 11.7. The SMILES string of the molecule is [N-]=[N+]=NCC=Cc1cc(F)c(O)c(C=O)c1. The molecule has 1 N–H and O–H groups in total. The van der Waals surface area contributed by atoms with Gasteiger partial charge in [-0.25, -0.2) is 4.39 Å². The van der Waals surface area contributed by atoms with Gasteiger partial charge in [-0.2, -0.15) is 0 Å². The lowest BCUT2D eigenvalue weighted by atomic mass is 10.1. The van der Waals surface area contributed by atoms with Crippen molar-refractivity contribution in [3.05, 3.63) is 45.6 Å². The number of halogens is 1. The molecule has 0 aliphatic carbocycles. The standard InChI is InChI=1S/C10H8FN3O2/c11-9-5-7(2-1-3-13-14-12)4-8(6-15)10(9)16/h1-2,4-6,16H,3H2. The summed E-state index contributed by atoms with van der Waals surface area (Å²) in [5.74, 6) is -1.53. The zero-order chi connectivity index (χ0) is 12.0. The van der Waals surface area contributed by atoms with Gasteiger partial charge in [-0.1, -0.05) is 17.3 Å². The summed E-state index contributed by atoms with van der Waals surface area (Å²) in [6.07, 6.45) is 3.37. The molecular formula is C10H8FN3O2. The Morgan fingerprint density at radius 2 is 2.31 bits per heavy atom. The molecule has 5 nitrogen and oxygen atoms in total. The van der Waals surface area contributed by atoms with Gasteiger partial charge >= 0.3 is 0 Å². The van der Waals surface area contributed by atoms with Crippen LogP contribution < -0.4 is 0 Å². The molecule has 1 aromatic carbocycles. The molecule has 0 aliphatic heterocycles. The van der Waals surface area contributed by atoms with Crippen LogP contribution in [0.1, 0.15) is 15.9 Å². The third kappa shape index (κ3) is 2.83. The van der Waals surface area contributed by atoms with E-state index in [9.17, 15) is 9.18 Å². The van der Waals surface area contributed by atoms with Gasteiger partial charge in [-0.15, -0.1) is 0 Å². The minimum Gasteiger partial charge on any atom is -0.504 e. The van der Waals surface area contributed by atoms with Gasteiger partial charge < -0.3 is 5.11 Å². The second kappa shape index (κ2) is 5.53. The highest BCUT2D eigenvalue weighted by Crippen LogP contribution is 2.22. The van der Waals surface area contributed by atoms with E-state index >= 15 is 0 Å². The molecule has 0 radical (unpaired) electrons. The van der Waals surface area contributed by atoms with Crippen LogP contribution in [0.5, 0.6) is 5.75 Å². The van der Waals surface area contributed by atoms with Crippen molar-refractivity contribution >= 4 is 12.4 Å². The fourth-order valence-corrected chi connectivity index (χ4v) is 1.10. The van der Waals surface area contributed by atoms with Crippen LogP contribution in [-0.4, -0.2) is 17.9 Å². The van der Waals surface area contributed by atoms with Gasteiger partial charge in [0.1, 0.15) is 0 Å². The summed E-state index contributed by atoms with van der Waals surface area (Å²) in [7, 11) is 0. The first-order chi connectivity index (χ1) is 7.69. The second-order valence-corrected chi connectivity index (χ2v) is 2.87. The van der Waals surface area contributed by atoms with E-state index < -0.39 is 11.6 Å². The average molecular weight is 221 g/mol. The number of nitrogens with zero attached hydrogens (tertiary/aromatic N) is 3. The normalized spacial score (nSPS) is 10.1. The maximum absolute atomic E-state index is 13.1. The van der Waals surface area contributed by atoms with Crippen LogP contribution in [-0.2, 0) is 0 Å². The number of rotatable bonds is 4. The minimum absolute atomic E-state index is 0.122. The van der Waals surface area contributed by atoms with E-state index in [1.165, 1.54) is 18.2 Å². The van der Waals surface area contributed by atoms with E-state index in [2.05, 4.69) is 10.0 Å². The third-order valence-corrected chi connectivity index (χ3v) is 1.80. The van der Waals surface area contributed by atoms with Crippen LogP contribution in [0.2, 0.25) is 0 Å². The number of hydrogen-bond acceptors (Lipinski definition) is 3. The molecular weight excluding hydrogens is 213 g/mol. The Balaban J connectivity index is 2.97. The number of carbonyl (C=O) groups is 1. The molecule has 0 atom stereocenters. The van der Waals surface area contributed by atoms with Crippen LogP contribution >= 0.6 is 0 Å². The highest BCUT2D eigenvalue weighted by Gasteiger charge is 2.07. The van der Waals surface area contributed by atoms with E-state index in [4.69, 9.17) is 10.6 Å². The molecule has 0 spiro atoms. The number of phenols is 1. The number of azide groups is 1. The topological polar surface area (TPSA) is 86.1 Å². The van der Waals surface area contributed by atoms with E-state index in [0.717, 1.165) is 6.07 Å². The van der Waals surface area contributed by atoms with Crippen LogP contribution in [0.4, 0.5) is 4.39 Å². The Labute approximate surface area is 90.5 Å². The maximum atomic E-state index is 13.1. The minimum atomic E-state index is -0.868. The average Bonchev–Trinajstić information content (AvgIpc) is 2.29. The molecule has 6 heteroatoms. The molecule has 0 heterocycles. The van der Waals surface area contributed by atoms with Crippen molar-refractivity contribution in [2.24, 2.45) is 5.11 Å². The number of benzene rings is 1. The van der Waals surface area contributed by atoms with Gasteiger partial charge in [0.15, 0.2) is 17.9 Å². The molecule has 1 aromatic rings. The zero-order valence-electron chi connectivity index (χ0n) is 8.17. The van der Waals surface area contributed by atoms with Crippen molar-refractivity contribution in [3.63, 3.8) is 0 Å². The molecule has 0 aliphatic rings. The first-order valence-electron chi connectivity index (χ1n) is 4.34. The Hall–Kier alpha value is -2.33. The molecule has 0 unspecified atom stereocenters. The summed E-state index contributed by atoms with van der Waals surface area (Å²) >= 11 is 0. The summed E-state index contributed by atoms with van der Waals surface area (Å²) in [5.41, 5.74) is 8.30. The van der Waals surface area contributed by atoms with Gasteiger partial charge in [0.05, 0.1) is 5.56 Å². The molecule has 82 valence electrons. The quantitative estimate of drug-likeness (QED) is 0.366. The molecule has 1 rings (SSSR count). The summed E-state index contributed by atoms with van der Waals surface area (Å²) in [6.45, 7) is 0.134. The molecule has 0 saturated heterocycles. The van der Waals surface area contributed by atoms with Crippen molar-refractivity contribution in [3.8, 4) is 5.75 Å². The largest absolute Gasteiger partial charge is 0.504 e. The summed E-state index contributed by atoms with van der Waals surface area (Å²) < 4.78 is 13.1. The number of hydrogen-bond donors (Lipinski definition) is 1. The maximum Gasteiger partial charge on any atom is 0.166 e. The van der Waals surface area contributed by atoms with Crippen molar-refractivity contribution in [1.29, 1.82) is 0 Å². The van der Waals surface area contributed by atoms with Crippen LogP contribution in [0.15, 0.2) is 23.3 Å². The van der Waals surface area contributed by atoms with Gasteiger partial charge in [0.25, 0.3) is 0 Å². The Morgan fingerprint density at radius 3 is 2.94 bits per heavy atom. The lowest BCUT2D eigenvalue weighted by molar-refractivity contribution is 0.112. The summed E-state index contributed by atoms with van der Waals surface area (Å²) in [5, 5.41) is 12.4. The fraction of sp³-hybridized carbons (Fsp3) is 0.100. The van der Waals surface area contributed by atoms with Crippen molar-refractivity contribution in [2.75, 3.05) is 6.54 Å². The van der Waals surface area contributed by atoms with Crippen molar-refractivity contribution in [1.82, 2.24) is 0 Å². The predicted molar refractivity (Wildman–Crippen MR) is 56.5 cm³/mol. The third-order valence-electron chi connectivity index (χ3n) is 1.80. The zero-order valence-corrected chi connectivity index (χ0v) is 8.17. The second-order valence-electron chi connectivity index (χ2n) is 2.87. The van der Waals surface area contributed by atoms with Crippen molar-refractivity contribution in [2.45, 2.75) is 0 Å². The van der Waals surface area contributed by atoms with Crippen molar-refractivity contribution < 1.29 is 14.3 Å². The van der Waals surface area contributed by atoms with E-state index in [1.54, 1.807) is 0 Å². The fourth-order valence-electron chi connectivity index (χ4n) is 1.10. The van der Waals surface area contributed by atoms with E-state index in [1.807, 2.05) is 0 Å². The predicted octanol–water partition coefficient (Wildman–Crippen LogP) is 2.67. The Bertz CT molecular complexity index is 479. The molecule has 0 fully saturated rings. The number of carbonyl (C=O) groups excluding carboxylic acids is 1. The monoisotopic (exact) mass is 221 g/mol. The van der Waals surface area contributed by atoms with E-state index in [-0.39, 0.29) is 12.1 Å². The van der Waals surface area contributed by atoms with Crippen LogP contribution in [0.3, 0.4) is 0 Å².